The molecule has 0 unspecified atom stereocenters. The van der Waals surface area contributed by atoms with Crippen LogP contribution in [0.2, 0.25) is 0 Å². The number of aryl methyl sites for hydroxylation is 1. The first-order valence-electron chi connectivity index (χ1n) is 8.34. The molecule has 0 saturated carbocycles. The summed E-state index contributed by atoms with van der Waals surface area (Å²) < 4.78 is 224. The van der Waals surface area contributed by atoms with Crippen molar-refractivity contribution in [2.75, 3.05) is 0 Å². The molecule has 17 heteroatoms. The first-order chi connectivity index (χ1) is 14.7. The van der Waals surface area contributed by atoms with Crippen molar-refractivity contribution in [2.24, 2.45) is 0 Å². The lowest BCUT2D eigenvalue weighted by Crippen LogP contribution is -2.74. The molecule has 0 heterocycles. The second-order valence-electron chi connectivity index (χ2n) is 6.97. The van der Waals surface area contributed by atoms with E-state index in [1.807, 2.05) is 0 Å². The molecule has 0 spiro atoms. The van der Waals surface area contributed by atoms with Gasteiger partial charge >= 0.3 is 47.6 Å². The van der Waals surface area contributed by atoms with Gasteiger partial charge in [-0.1, -0.05) is 24.3 Å². The van der Waals surface area contributed by atoms with Gasteiger partial charge in [0, 0.05) is 6.42 Å². The molecule has 0 aliphatic rings. The summed E-state index contributed by atoms with van der Waals surface area (Å²) in [5.41, 5.74) is -0.0783. The molecule has 0 N–H and O–H groups in total. The Labute approximate surface area is 178 Å². The molecule has 1 aromatic rings. The molecule has 1 aromatic carbocycles. The summed E-state index contributed by atoms with van der Waals surface area (Å²) in [7, 11) is 0. The molecule has 1 radical (unpaired) electrons. The van der Waals surface area contributed by atoms with Crippen LogP contribution < -0.4 is 0 Å². The van der Waals surface area contributed by atoms with Gasteiger partial charge < -0.3 is 0 Å². The maximum atomic E-state index is 13.8. The molecule has 197 valence electrons. The summed E-state index contributed by atoms with van der Waals surface area (Å²) >= 11 is 0. The molecular formula is C17H10F17. The van der Waals surface area contributed by atoms with E-state index in [4.69, 9.17) is 0 Å². The van der Waals surface area contributed by atoms with E-state index >= 15 is 0 Å². The van der Waals surface area contributed by atoms with Crippen molar-refractivity contribution >= 4 is 0 Å². The van der Waals surface area contributed by atoms with Crippen LogP contribution in [0.3, 0.4) is 0 Å². The Bertz CT molecular complexity index is 848. The van der Waals surface area contributed by atoms with Crippen molar-refractivity contribution in [3.63, 3.8) is 0 Å². The fourth-order valence-corrected chi connectivity index (χ4v) is 2.36. The van der Waals surface area contributed by atoms with Gasteiger partial charge in [-0.3, -0.25) is 0 Å². The molecule has 0 amide bonds. The Hall–Kier alpha value is -1.97. The highest BCUT2D eigenvalue weighted by Crippen LogP contribution is 2.64. The minimum absolute atomic E-state index is 0.242. The van der Waals surface area contributed by atoms with E-state index in [1.54, 1.807) is 0 Å². The van der Waals surface area contributed by atoms with Crippen molar-refractivity contribution in [2.45, 2.75) is 60.5 Å². The molecule has 0 aromatic heterocycles. The maximum absolute atomic E-state index is 13.8. The van der Waals surface area contributed by atoms with Crippen LogP contribution >= 0.6 is 0 Å². The quantitative estimate of drug-likeness (QED) is 0.282. The fraction of sp³-hybridized carbons (Fsp3) is 0.588. The third kappa shape index (κ3) is 4.27. The highest BCUT2D eigenvalue weighted by molar-refractivity contribution is 5.24. The van der Waals surface area contributed by atoms with Crippen LogP contribution in [0, 0.1) is 6.92 Å². The minimum atomic E-state index is -8.61. The second kappa shape index (κ2) is 8.31. The van der Waals surface area contributed by atoms with Gasteiger partial charge in [0.25, 0.3) is 0 Å². The van der Waals surface area contributed by atoms with Crippen molar-refractivity contribution < 1.29 is 74.6 Å². The monoisotopic (exact) mass is 537 g/mol. The molecule has 34 heavy (non-hydrogen) atoms. The number of alkyl halides is 17. The third-order valence-electron chi connectivity index (χ3n) is 4.54. The van der Waals surface area contributed by atoms with Crippen molar-refractivity contribution in [3.8, 4) is 0 Å². The first kappa shape index (κ1) is 30.1. The van der Waals surface area contributed by atoms with E-state index in [0.29, 0.717) is 0 Å². The maximum Gasteiger partial charge on any atom is 0.460 e. The second-order valence-corrected chi connectivity index (χ2v) is 6.97. The van der Waals surface area contributed by atoms with Crippen LogP contribution in [-0.2, 0) is 6.42 Å². The Morgan fingerprint density at radius 1 is 0.471 bits per heavy atom. The number of halogens is 17. The Morgan fingerprint density at radius 3 is 1.15 bits per heavy atom. The molecule has 0 aliphatic heterocycles. The van der Waals surface area contributed by atoms with E-state index in [0.717, 1.165) is 24.3 Å². The van der Waals surface area contributed by atoms with Gasteiger partial charge in [-0.25, -0.2) is 0 Å². The summed E-state index contributed by atoms with van der Waals surface area (Å²) in [4.78, 5) is 0. The van der Waals surface area contributed by atoms with Crippen molar-refractivity contribution in [3.05, 3.63) is 42.3 Å². The number of hydrogen-bond acceptors (Lipinski definition) is 0. The summed E-state index contributed by atoms with van der Waals surface area (Å²) in [5, 5.41) is 0. The average molecular weight is 537 g/mol. The van der Waals surface area contributed by atoms with E-state index in [9.17, 15) is 74.6 Å². The number of benzene rings is 1. The lowest BCUT2D eigenvalue weighted by Gasteiger charge is -2.42. The molecular weight excluding hydrogens is 527 g/mol. The van der Waals surface area contributed by atoms with Gasteiger partial charge in [0.15, 0.2) is 0 Å². The SMILES string of the molecule is [CH2]c1ccc(CCC(F)(F)C(F)(F)C(F)(F)C(F)(F)C(F)(F)C(F)(F)C(F)(F)C(F)(F)F)cc1. The van der Waals surface area contributed by atoms with Gasteiger partial charge in [-0.2, -0.15) is 74.6 Å². The Morgan fingerprint density at radius 2 is 0.794 bits per heavy atom. The van der Waals surface area contributed by atoms with Crippen LogP contribution in [0.4, 0.5) is 74.6 Å². The standard InChI is InChI=1S/C17H10F17/c1-8-2-4-9(5-3-8)6-7-10(18,19)11(20,21)12(22,23)13(24,25)14(26,27)15(28,29)16(30,31)17(32,33)34/h2-5H,1,6-7H2. The molecule has 0 bridgehead atoms. The van der Waals surface area contributed by atoms with Gasteiger partial charge in [0.05, 0.1) is 0 Å². The normalized spacial score (nSPS) is 15.6. The number of rotatable bonds is 9. The van der Waals surface area contributed by atoms with Crippen LogP contribution in [0.25, 0.3) is 0 Å². The zero-order chi connectivity index (χ0) is 27.4. The first-order valence-corrected chi connectivity index (χ1v) is 8.34. The van der Waals surface area contributed by atoms with E-state index < -0.39 is 60.5 Å². The average Bonchev–Trinajstić information content (AvgIpc) is 2.65. The lowest BCUT2D eigenvalue weighted by atomic mass is 9.87. The zero-order valence-corrected chi connectivity index (χ0v) is 15.9. The highest BCUT2D eigenvalue weighted by atomic mass is 19.4. The lowest BCUT2D eigenvalue weighted by molar-refractivity contribution is -0.461. The largest absolute Gasteiger partial charge is 0.460 e. The summed E-state index contributed by atoms with van der Waals surface area (Å²) in [5.74, 6) is -56.1. The fourth-order valence-electron chi connectivity index (χ4n) is 2.36. The predicted octanol–water partition coefficient (Wildman–Crippen LogP) is 7.81. The topological polar surface area (TPSA) is 0 Å². The van der Waals surface area contributed by atoms with E-state index in [-0.39, 0.29) is 11.1 Å². The summed E-state index contributed by atoms with van der Waals surface area (Å²) in [6.07, 6.45) is -11.5. The van der Waals surface area contributed by atoms with Crippen LogP contribution in [0.1, 0.15) is 17.5 Å². The molecule has 0 nitrogen and oxygen atoms in total. The number of hydrogen-bond donors (Lipinski definition) is 0. The van der Waals surface area contributed by atoms with Gasteiger partial charge in [0.1, 0.15) is 0 Å². The van der Waals surface area contributed by atoms with Gasteiger partial charge in [-0.05, 0) is 24.5 Å². The van der Waals surface area contributed by atoms with E-state index in [1.165, 1.54) is 0 Å². The smallest absolute Gasteiger partial charge is 0.200 e. The van der Waals surface area contributed by atoms with Crippen LogP contribution in [0.5, 0.6) is 0 Å². The molecule has 1 rings (SSSR count). The third-order valence-corrected chi connectivity index (χ3v) is 4.54. The van der Waals surface area contributed by atoms with Gasteiger partial charge in [0.2, 0.25) is 0 Å². The van der Waals surface area contributed by atoms with E-state index in [2.05, 4.69) is 6.92 Å². The summed E-state index contributed by atoms with van der Waals surface area (Å²) in [6.45, 7) is 3.34. The van der Waals surface area contributed by atoms with Crippen LogP contribution in [-0.4, -0.2) is 47.6 Å². The predicted molar refractivity (Wildman–Crippen MR) is 79.9 cm³/mol. The highest BCUT2D eigenvalue weighted by Gasteiger charge is 2.95. The molecule has 0 aliphatic carbocycles. The molecule has 0 atom stereocenters. The van der Waals surface area contributed by atoms with Gasteiger partial charge in [-0.15, -0.1) is 0 Å². The Balaban J connectivity index is 3.45. The van der Waals surface area contributed by atoms with Crippen LogP contribution in [0.15, 0.2) is 24.3 Å². The summed E-state index contributed by atoms with van der Waals surface area (Å²) in [6, 6.07) is 4.05. The Kier molecular flexibility index (Phi) is 7.35. The molecule has 0 saturated heterocycles. The van der Waals surface area contributed by atoms with Crippen molar-refractivity contribution in [1.29, 1.82) is 0 Å². The zero-order valence-electron chi connectivity index (χ0n) is 15.9. The van der Waals surface area contributed by atoms with Crippen molar-refractivity contribution in [1.82, 2.24) is 0 Å². The minimum Gasteiger partial charge on any atom is -0.200 e. The molecule has 0 fully saturated rings.